The van der Waals surface area contributed by atoms with Gasteiger partial charge in [-0.1, -0.05) is 12.1 Å². The van der Waals surface area contributed by atoms with E-state index in [9.17, 15) is 9.90 Å². The van der Waals surface area contributed by atoms with Crippen LogP contribution in [0.4, 0.5) is 0 Å². The predicted molar refractivity (Wildman–Crippen MR) is 96.2 cm³/mol. The van der Waals surface area contributed by atoms with Crippen molar-refractivity contribution in [2.75, 3.05) is 14.2 Å². The molecular formula is C20H28O7. The first-order valence-electron chi connectivity index (χ1n) is 9.20. The third-order valence-electron chi connectivity index (χ3n) is 5.40. The van der Waals surface area contributed by atoms with E-state index < -0.39 is 35.7 Å². The average molecular weight is 380 g/mol. The topological polar surface area (TPSA) is 83.5 Å². The largest absolute Gasteiger partial charge is 0.497 e. The number of rotatable bonds is 7. The molecule has 7 nitrogen and oxygen atoms in total. The van der Waals surface area contributed by atoms with E-state index in [1.54, 1.807) is 21.0 Å². The maximum Gasteiger partial charge on any atom is 0.339 e. The number of carbonyl (C=O) groups is 1. The van der Waals surface area contributed by atoms with Crippen LogP contribution in [0, 0.1) is 0 Å². The van der Waals surface area contributed by atoms with E-state index in [1.807, 2.05) is 24.3 Å². The lowest BCUT2D eigenvalue weighted by molar-refractivity contribution is -0.235. The number of methoxy groups -OCH3 is 2. The Balaban J connectivity index is 1.69. The van der Waals surface area contributed by atoms with Gasteiger partial charge in [0.1, 0.15) is 18.0 Å². The lowest BCUT2D eigenvalue weighted by Gasteiger charge is -2.34. The Kier molecular flexibility index (Phi) is 5.76. The zero-order valence-corrected chi connectivity index (χ0v) is 16.3. The third-order valence-corrected chi connectivity index (χ3v) is 5.40. The quantitative estimate of drug-likeness (QED) is 0.573. The van der Waals surface area contributed by atoms with Crippen molar-refractivity contribution in [3.63, 3.8) is 0 Å². The Labute approximate surface area is 159 Å². The van der Waals surface area contributed by atoms with Gasteiger partial charge in [0.25, 0.3) is 0 Å². The molecule has 1 unspecified atom stereocenters. The fraction of sp³-hybridized carbons (Fsp3) is 0.650. The van der Waals surface area contributed by atoms with Crippen LogP contribution in [0.1, 0.15) is 38.7 Å². The highest BCUT2D eigenvalue weighted by atomic mass is 16.7. The normalized spacial score (nSPS) is 30.7. The number of hydrogen-bond acceptors (Lipinski definition) is 7. The van der Waals surface area contributed by atoms with Crippen molar-refractivity contribution >= 4 is 5.97 Å². The molecule has 27 heavy (non-hydrogen) atoms. The Morgan fingerprint density at radius 3 is 2.59 bits per heavy atom. The molecule has 1 saturated carbocycles. The van der Waals surface area contributed by atoms with E-state index in [1.165, 1.54) is 7.11 Å². The van der Waals surface area contributed by atoms with Crippen LogP contribution in [-0.2, 0) is 30.3 Å². The van der Waals surface area contributed by atoms with Gasteiger partial charge in [-0.05, 0) is 50.8 Å². The van der Waals surface area contributed by atoms with Gasteiger partial charge in [-0.3, -0.25) is 0 Å². The number of carbonyl (C=O) groups excluding carboxylic acids is 1. The first kappa shape index (κ1) is 20.1. The van der Waals surface area contributed by atoms with E-state index in [2.05, 4.69) is 0 Å². The maximum absolute atomic E-state index is 12.4. The second kappa shape index (κ2) is 7.75. The van der Waals surface area contributed by atoms with Gasteiger partial charge < -0.3 is 28.8 Å². The van der Waals surface area contributed by atoms with Gasteiger partial charge in [-0.25, -0.2) is 4.79 Å². The molecule has 0 amide bonds. The van der Waals surface area contributed by atoms with Crippen LogP contribution in [0.5, 0.6) is 5.75 Å². The summed E-state index contributed by atoms with van der Waals surface area (Å²) < 4.78 is 27.8. The van der Waals surface area contributed by atoms with Crippen LogP contribution in [-0.4, -0.2) is 55.0 Å². The number of benzene rings is 1. The number of ether oxygens (including phenoxy) is 5. The van der Waals surface area contributed by atoms with Gasteiger partial charge in [0.05, 0.1) is 13.7 Å². The number of aliphatic hydroxyl groups excluding tert-OH is 1. The summed E-state index contributed by atoms with van der Waals surface area (Å²) in [5.74, 6) is -0.807. The molecule has 1 N–H and O–H groups in total. The van der Waals surface area contributed by atoms with Gasteiger partial charge in [0, 0.05) is 7.11 Å². The minimum Gasteiger partial charge on any atom is -0.497 e. The van der Waals surface area contributed by atoms with E-state index >= 15 is 0 Å². The molecule has 1 heterocycles. The minimum absolute atomic E-state index is 0.357. The number of hydrogen-bond donors (Lipinski definition) is 1. The SMILES string of the molecule is COc1ccc(CO[C@@H]2CCCC23OC(=O)[C@H](OC(C)(C)OC)[C@@H]3O)cc1. The van der Waals surface area contributed by atoms with Crippen LogP contribution < -0.4 is 4.74 Å². The standard InChI is InChI=1S/C20H28O7/c1-19(2,24-4)26-16-17(21)20(27-18(16)22)11-5-6-15(20)25-12-13-7-9-14(23-3)10-8-13/h7-10,15-17,21H,5-6,11-12H2,1-4H3/t15-,16-,17+,20?/m1/s1. The van der Waals surface area contributed by atoms with Gasteiger partial charge in [0.15, 0.2) is 17.5 Å². The molecule has 2 fully saturated rings. The van der Waals surface area contributed by atoms with Gasteiger partial charge >= 0.3 is 5.97 Å². The lowest BCUT2D eigenvalue weighted by atomic mass is 9.91. The smallest absolute Gasteiger partial charge is 0.339 e. The molecule has 0 bridgehead atoms. The Morgan fingerprint density at radius 1 is 1.26 bits per heavy atom. The summed E-state index contributed by atoms with van der Waals surface area (Å²) >= 11 is 0. The summed E-state index contributed by atoms with van der Waals surface area (Å²) in [5, 5.41) is 10.9. The van der Waals surface area contributed by atoms with E-state index in [0.29, 0.717) is 19.4 Å². The first-order valence-corrected chi connectivity index (χ1v) is 9.20. The fourth-order valence-electron chi connectivity index (χ4n) is 3.72. The van der Waals surface area contributed by atoms with Crippen molar-refractivity contribution in [2.45, 2.75) is 69.4 Å². The summed E-state index contributed by atoms with van der Waals surface area (Å²) in [7, 11) is 3.10. The molecule has 1 aromatic carbocycles. The fourth-order valence-corrected chi connectivity index (χ4v) is 3.72. The minimum atomic E-state index is -1.11. The summed E-state index contributed by atoms with van der Waals surface area (Å²) in [6.07, 6.45) is -0.537. The number of aliphatic hydroxyl groups is 1. The first-order chi connectivity index (χ1) is 12.8. The predicted octanol–water partition coefficient (Wildman–Crippen LogP) is 2.19. The molecule has 0 radical (unpaired) electrons. The Bertz CT molecular complexity index is 657. The summed E-state index contributed by atoms with van der Waals surface area (Å²) in [6.45, 7) is 3.73. The molecule has 3 rings (SSSR count). The Hall–Kier alpha value is -1.67. The molecule has 1 aliphatic carbocycles. The van der Waals surface area contributed by atoms with Crippen LogP contribution >= 0.6 is 0 Å². The maximum atomic E-state index is 12.4. The Morgan fingerprint density at radius 2 is 1.96 bits per heavy atom. The molecule has 0 aromatic heterocycles. The van der Waals surface area contributed by atoms with Crippen molar-refractivity contribution in [3.05, 3.63) is 29.8 Å². The zero-order chi connectivity index (χ0) is 19.7. The van der Waals surface area contributed by atoms with Crippen molar-refractivity contribution < 1.29 is 33.6 Å². The van der Waals surface area contributed by atoms with Crippen LogP contribution in [0.15, 0.2) is 24.3 Å². The van der Waals surface area contributed by atoms with Gasteiger partial charge in [-0.15, -0.1) is 0 Å². The molecule has 1 aliphatic heterocycles. The summed E-state index contributed by atoms with van der Waals surface area (Å²) in [5.41, 5.74) is -0.0946. The van der Waals surface area contributed by atoms with Crippen molar-refractivity contribution in [1.29, 1.82) is 0 Å². The van der Waals surface area contributed by atoms with Crippen molar-refractivity contribution in [1.82, 2.24) is 0 Å². The molecule has 4 atom stereocenters. The van der Waals surface area contributed by atoms with Crippen LogP contribution in [0.25, 0.3) is 0 Å². The molecular weight excluding hydrogens is 352 g/mol. The molecule has 2 aliphatic rings. The molecule has 7 heteroatoms. The van der Waals surface area contributed by atoms with E-state index in [4.69, 9.17) is 23.7 Å². The highest BCUT2D eigenvalue weighted by molar-refractivity contribution is 5.79. The lowest BCUT2D eigenvalue weighted by Crippen LogP contribution is -2.51. The molecule has 1 spiro atoms. The molecule has 1 saturated heterocycles. The zero-order valence-electron chi connectivity index (χ0n) is 16.3. The van der Waals surface area contributed by atoms with Crippen LogP contribution in [0.3, 0.4) is 0 Å². The monoisotopic (exact) mass is 380 g/mol. The van der Waals surface area contributed by atoms with Gasteiger partial charge in [-0.2, -0.15) is 0 Å². The summed E-state index contributed by atoms with van der Waals surface area (Å²) in [6, 6.07) is 7.57. The van der Waals surface area contributed by atoms with E-state index in [-0.39, 0.29) is 0 Å². The second-order valence-corrected chi connectivity index (χ2v) is 7.50. The molecule has 1 aromatic rings. The summed E-state index contributed by atoms with van der Waals surface area (Å²) in [4.78, 5) is 12.4. The second-order valence-electron chi connectivity index (χ2n) is 7.50. The van der Waals surface area contributed by atoms with Gasteiger partial charge in [0.2, 0.25) is 0 Å². The van der Waals surface area contributed by atoms with Crippen LogP contribution in [0.2, 0.25) is 0 Å². The number of esters is 1. The molecule has 150 valence electrons. The van der Waals surface area contributed by atoms with Crippen molar-refractivity contribution in [2.24, 2.45) is 0 Å². The van der Waals surface area contributed by atoms with E-state index in [0.717, 1.165) is 17.7 Å². The average Bonchev–Trinajstić information content (AvgIpc) is 3.17. The third kappa shape index (κ3) is 3.96. The van der Waals surface area contributed by atoms with Crippen molar-refractivity contribution in [3.8, 4) is 5.75 Å². The highest BCUT2D eigenvalue weighted by Crippen LogP contribution is 2.45. The highest BCUT2D eigenvalue weighted by Gasteiger charge is 2.63.